The maximum atomic E-state index is 13.8. The molecule has 0 spiro atoms. The van der Waals surface area contributed by atoms with Gasteiger partial charge < -0.3 is 14.6 Å². The van der Waals surface area contributed by atoms with E-state index >= 15 is 0 Å². The minimum Gasteiger partial charge on any atom is -0.384 e. The van der Waals surface area contributed by atoms with Crippen LogP contribution in [0.5, 0.6) is 0 Å². The van der Waals surface area contributed by atoms with Crippen molar-refractivity contribution in [3.63, 3.8) is 0 Å². The Bertz CT molecular complexity index is 651. The number of aromatic nitrogens is 1. The number of nitrogens with zero attached hydrogens (tertiary/aromatic N) is 1. The summed E-state index contributed by atoms with van der Waals surface area (Å²) in [7, 11) is 1.40. The third kappa shape index (κ3) is 2.70. The Morgan fingerprint density at radius 2 is 2.23 bits per heavy atom. The van der Waals surface area contributed by atoms with Crippen LogP contribution in [-0.2, 0) is 4.74 Å². The molecule has 1 unspecified atom stereocenters. The van der Waals surface area contributed by atoms with Gasteiger partial charge in [0, 0.05) is 37.5 Å². The molecule has 1 N–H and O–H groups in total. The number of hydrogen-bond donors (Lipinski definition) is 1. The van der Waals surface area contributed by atoms with Crippen molar-refractivity contribution >= 4 is 16.8 Å². The zero-order chi connectivity index (χ0) is 15.7. The number of ether oxygens (including phenoxy) is 1. The topological polar surface area (TPSA) is 45.3 Å². The quantitative estimate of drug-likeness (QED) is 0.947. The van der Waals surface area contributed by atoms with Gasteiger partial charge in [0.1, 0.15) is 5.69 Å². The molecule has 0 aliphatic carbocycles. The van der Waals surface area contributed by atoms with Gasteiger partial charge in [-0.05, 0) is 12.1 Å². The number of carbonyl (C=O) groups excluding carboxylic acids is 1. The van der Waals surface area contributed by atoms with Gasteiger partial charge in [-0.25, -0.2) is 8.78 Å². The van der Waals surface area contributed by atoms with E-state index in [0.29, 0.717) is 5.69 Å². The number of hydrogen-bond acceptors (Lipinski definition) is 2. The summed E-state index contributed by atoms with van der Waals surface area (Å²) in [6.45, 7) is 0.0138. The molecule has 1 aliphatic rings. The molecule has 0 radical (unpaired) electrons. The van der Waals surface area contributed by atoms with Gasteiger partial charge in [0.05, 0.1) is 12.5 Å². The number of para-hydroxylation sites is 1. The summed E-state index contributed by atoms with van der Waals surface area (Å²) < 4.78 is 32.5. The first kappa shape index (κ1) is 15.0. The lowest BCUT2D eigenvalue weighted by atomic mass is 9.94. The largest absolute Gasteiger partial charge is 0.384 e. The fourth-order valence-corrected chi connectivity index (χ4v) is 2.90. The molecule has 1 saturated heterocycles. The number of benzene rings is 1. The number of H-pyrrole nitrogens is 1. The number of halogens is 2. The molecule has 2 aromatic rings. The number of nitrogens with one attached hydrogen (secondary N) is 1. The highest BCUT2D eigenvalue weighted by Crippen LogP contribution is 2.34. The molecule has 1 aliphatic heterocycles. The monoisotopic (exact) mass is 308 g/mol. The van der Waals surface area contributed by atoms with Crippen molar-refractivity contribution in [2.75, 3.05) is 26.8 Å². The van der Waals surface area contributed by atoms with Crippen LogP contribution in [0.25, 0.3) is 10.9 Å². The van der Waals surface area contributed by atoms with E-state index in [1.807, 2.05) is 24.3 Å². The van der Waals surface area contributed by atoms with Crippen LogP contribution in [0.4, 0.5) is 8.78 Å². The van der Waals surface area contributed by atoms with Crippen molar-refractivity contribution in [1.82, 2.24) is 9.88 Å². The molecular weight excluding hydrogens is 290 g/mol. The Labute approximate surface area is 127 Å². The molecule has 1 aromatic heterocycles. The van der Waals surface area contributed by atoms with Gasteiger partial charge in [-0.3, -0.25) is 4.79 Å². The first-order chi connectivity index (χ1) is 10.5. The maximum absolute atomic E-state index is 13.8. The van der Waals surface area contributed by atoms with Gasteiger partial charge in [-0.1, -0.05) is 18.2 Å². The number of amides is 1. The van der Waals surface area contributed by atoms with E-state index in [2.05, 4.69) is 4.98 Å². The second kappa shape index (κ2) is 5.68. The molecule has 3 rings (SSSR count). The van der Waals surface area contributed by atoms with E-state index in [1.54, 1.807) is 6.07 Å². The number of alkyl halides is 2. The van der Waals surface area contributed by atoms with Gasteiger partial charge in [0.15, 0.2) is 0 Å². The molecule has 1 amide bonds. The number of methoxy groups -OCH3 is 1. The van der Waals surface area contributed by atoms with Gasteiger partial charge in [0.2, 0.25) is 0 Å². The average Bonchev–Trinajstić information content (AvgIpc) is 2.93. The van der Waals surface area contributed by atoms with Gasteiger partial charge in [0.25, 0.3) is 11.8 Å². The molecule has 118 valence electrons. The van der Waals surface area contributed by atoms with Gasteiger partial charge in [-0.15, -0.1) is 0 Å². The van der Waals surface area contributed by atoms with Crippen LogP contribution < -0.4 is 0 Å². The maximum Gasteiger partial charge on any atom is 0.270 e. The average molecular weight is 308 g/mol. The number of fused-ring (bicyclic) bond motifs is 1. The normalized spacial score (nSPS) is 21.2. The molecular formula is C16H18F2N2O2. The minimum atomic E-state index is -2.78. The van der Waals surface area contributed by atoms with Gasteiger partial charge >= 0.3 is 0 Å². The van der Waals surface area contributed by atoms with Crippen molar-refractivity contribution < 1.29 is 18.3 Å². The van der Waals surface area contributed by atoms with E-state index in [-0.39, 0.29) is 32.0 Å². The van der Waals surface area contributed by atoms with E-state index in [1.165, 1.54) is 12.0 Å². The molecule has 2 heterocycles. The third-order valence-corrected chi connectivity index (χ3v) is 4.17. The summed E-state index contributed by atoms with van der Waals surface area (Å²) in [4.78, 5) is 17.1. The summed E-state index contributed by atoms with van der Waals surface area (Å²) in [6, 6.07) is 9.31. The lowest BCUT2D eigenvalue weighted by molar-refractivity contribution is -0.118. The zero-order valence-corrected chi connectivity index (χ0v) is 12.3. The van der Waals surface area contributed by atoms with Crippen LogP contribution in [-0.4, -0.2) is 48.5 Å². The Morgan fingerprint density at radius 1 is 1.45 bits per heavy atom. The molecule has 0 bridgehead atoms. The smallest absolute Gasteiger partial charge is 0.270 e. The summed E-state index contributed by atoms with van der Waals surface area (Å²) in [5.41, 5.74) is 1.30. The molecule has 1 aromatic carbocycles. The number of likely N-dealkylation sites (tertiary alicyclic amines) is 1. The highest BCUT2D eigenvalue weighted by atomic mass is 19.3. The number of rotatable bonds is 3. The Hall–Kier alpha value is -1.95. The summed E-state index contributed by atoms with van der Waals surface area (Å²) in [5.74, 6) is -3.99. The Morgan fingerprint density at radius 3 is 2.95 bits per heavy atom. The molecule has 1 fully saturated rings. The van der Waals surface area contributed by atoms with E-state index in [0.717, 1.165) is 10.9 Å². The van der Waals surface area contributed by atoms with Crippen molar-refractivity contribution in [3.8, 4) is 0 Å². The fraction of sp³-hybridized carbons (Fsp3) is 0.438. The van der Waals surface area contributed by atoms with Crippen molar-refractivity contribution in [2.24, 2.45) is 5.92 Å². The highest BCUT2D eigenvalue weighted by molar-refractivity contribution is 5.98. The van der Waals surface area contributed by atoms with Crippen molar-refractivity contribution in [2.45, 2.75) is 12.3 Å². The predicted molar refractivity (Wildman–Crippen MR) is 79.1 cm³/mol. The fourth-order valence-electron chi connectivity index (χ4n) is 2.90. The van der Waals surface area contributed by atoms with Crippen LogP contribution in [0.3, 0.4) is 0 Å². The Kier molecular flexibility index (Phi) is 3.87. The summed E-state index contributed by atoms with van der Waals surface area (Å²) in [6.07, 6.45) is -0.326. The standard InChI is InChI=1S/C16H18F2N2O2/c1-22-10-12-9-20(7-6-16(12,17)18)15(21)14-8-11-4-2-3-5-13(11)19-14/h2-5,8,12,19H,6-7,9-10H2,1H3. The molecule has 1 atom stereocenters. The number of aromatic amines is 1. The van der Waals surface area contributed by atoms with Crippen LogP contribution in [0.15, 0.2) is 30.3 Å². The lowest BCUT2D eigenvalue weighted by Gasteiger charge is -2.37. The first-order valence-electron chi connectivity index (χ1n) is 7.25. The lowest BCUT2D eigenvalue weighted by Crippen LogP contribution is -2.50. The molecule has 4 nitrogen and oxygen atoms in total. The van der Waals surface area contributed by atoms with E-state index in [4.69, 9.17) is 4.74 Å². The highest BCUT2D eigenvalue weighted by Gasteiger charge is 2.45. The number of piperidine rings is 1. The second-order valence-electron chi connectivity index (χ2n) is 5.68. The predicted octanol–water partition coefficient (Wildman–Crippen LogP) is 2.91. The summed E-state index contributed by atoms with van der Waals surface area (Å²) in [5, 5.41) is 0.932. The van der Waals surface area contributed by atoms with Crippen LogP contribution in [0, 0.1) is 5.92 Å². The molecule has 0 saturated carbocycles. The van der Waals surface area contributed by atoms with E-state index in [9.17, 15) is 13.6 Å². The molecule has 6 heteroatoms. The minimum absolute atomic E-state index is 0.00897. The van der Waals surface area contributed by atoms with Crippen molar-refractivity contribution in [3.05, 3.63) is 36.0 Å². The third-order valence-electron chi connectivity index (χ3n) is 4.17. The van der Waals surface area contributed by atoms with Crippen LogP contribution >= 0.6 is 0 Å². The number of carbonyl (C=O) groups is 1. The van der Waals surface area contributed by atoms with Crippen LogP contribution in [0.2, 0.25) is 0 Å². The second-order valence-corrected chi connectivity index (χ2v) is 5.68. The SMILES string of the molecule is COCC1CN(C(=O)c2cc3ccccc3[nH]2)CCC1(F)F. The van der Waals surface area contributed by atoms with Crippen molar-refractivity contribution in [1.29, 1.82) is 0 Å². The Balaban J connectivity index is 1.80. The summed E-state index contributed by atoms with van der Waals surface area (Å²) >= 11 is 0. The van der Waals surface area contributed by atoms with Crippen LogP contribution in [0.1, 0.15) is 16.9 Å². The first-order valence-corrected chi connectivity index (χ1v) is 7.25. The van der Waals surface area contributed by atoms with Gasteiger partial charge in [-0.2, -0.15) is 0 Å². The molecule has 22 heavy (non-hydrogen) atoms. The van der Waals surface area contributed by atoms with E-state index < -0.39 is 11.8 Å². The zero-order valence-electron chi connectivity index (χ0n) is 12.3.